The normalized spacial score (nSPS) is 21.7. The molecule has 0 bridgehead atoms. The Hall–Kier alpha value is -2.13. The average Bonchev–Trinajstić information content (AvgIpc) is 2.71. The van der Waals surface area contributed by atoms with Crippen molar-refractivity contribution < 1.29 is 27.5 Å². The highest BCUT2D eigenvalue weighted by atomic mass is 19.4. The number of halogens is 3. The second-order valence-electron chi connectivity index (χ2n) is 8.46. The van der Waals surface area contributed by atoms with E-state index in [2.05, 4.69) is 29.8 Å². The van der Waals surface area contributed by atoms with Gasteiger partial charge in [-0.15, -0.1) is 0 Å². The number of amides is 2. The first-order valence-electron chi connectivity index (χ1n) is 10.6. The summed E-state index contributed by atoms with van der Waals surface area (Å²) < 4.78 is 43.8. The maximum atomic E-state index is 12.8. The number of hydrogen-bond acceptors (Lipinski definition) is 4. The van der Waals surface area contributed by atoms with Gasteiger partial charge in [-0.2, -0.15) is 13.2 Å². The lowest BCUT2D eigenvalue weighted by Gasteiger charge is -2.37. The summed E-state index contributed by atoms with van der Waals surface area (Å²) >= 11 is 0. The second-order valence-corrected chi connectivity index (χ2v) is 8.46. The van der Waals surface area contributed by atoms with E-state index in [0.717, 1.165) is 37.9 Å². The van der Waals surface area contributed by atoms with Crippen molar-refractivity contribution in [3.8, 4) is 0 Å². The third kappa shape index (κ3) is 8.14. The first-order chi connectivity index (χ1) is 14.6. The van der Waals surface area contributed by atoms with Gasteiger partial charge < -0.3 is 20.7 Å². The van der Waals surface area contributed by atoms with E-state index >= 15 is 0 Å². The molecule has 2 rings (SSSR count). The van der Waals surface area contributed by atoms with Crippen molar-refractivity contribution >= 4 is 11.8 Å². The van der Waals surface area contributed by atoms with Gasteiger partial charge in [0, 0.05) is 30.7 Å². The van der Waals surface area contributed by atoms with E-state index in [-0.39, 0.29) is 30.0 Å². The molecular weight excluding hydrogens is 411 g/mol. The van der Waals surface area contributed by atoms with Crippen LogP contribution < -0.4 is 16.0 Å². The van der Waals surface area contributed by atoms with Gasteiger partial charge >= 0.3 is 6.18 Å². The van der Waals surface area contributed by atoms with Gasteiger partial charge in [0.25, 0.3) is 5.91 Å². The summed E-state index contributed by atoms with van der Waals surface area (Å²) in [6, 6.07) is 4.41. The van der Waals surface area contributed by atoms with E-state index in [4.69, 9.17) is 4.74 Å². The summed E-state index contributed by atoms with van der Waals surface area (Å²) in [7, 11) is 1.62. The predicted molar refractivity (Wildman–Crippen MR) is 112 cm³/mol. The fraction of sp³-hybridized carbons (Fsp3) is 0.636. The zero-order chi connectivity index (χ0) is 23.0. The number of benzene rings is 1. The Balaban J connectivity index is 1.86. The number of rotatable bonds is 9. The third-order valence-corrected chi connectivity index (χ3v) is 5.39. The lowest BCUT2D eigenvalue weighted by molar-refractivity contribution is -0.137. The predicted octanol–water partition coefficient (Wildman–Crippen LogP) is 2.98. The van der Waals surface area contributed by atoms with Crippen molar-refractivity contribution in [2.75, 3.05) is 26.8 Å². The number of carbonyl (C=O) groups excluding carboxylic acids is 2. The van der Waals surface area contributed by atoms with Gasteiger partial charge in [-0.1, -0.05) is 19.9 Å². The smallest absolute Gasteiger partial charge is 0.384 e. The number of methoxy groups -OCH3 is 1. The molecule has 9 heteroatoms. The average molecular weight is 444 g/mol. The van der Waals surface area contributed by atoms with Crippen LogP contribution in [0.3, 0.4) is 0 Å². The lowest BCUT2D eigenvalue weighted by atomic mass is 9.81. The van der Waals surface area contributed by atoms with E-state index in [1.54, 1.807) is 7.11 Å². The standard InChI is InChI=1S/C22H32F3N3O3/c1-14(2)11-26-18-7-8-19(16(10-18)13-31-3)28-20(29)12-27-21(30)15-5-4-6-17(9-15)22(23,24)25/h4-6,9,14,16,18-19,26H,7-8,10-13H2,1-3H3,(H,27,30)(H,28,29)/t16-,18+,19-/m0/s1. The van der Waals surface area contributed by atoms with Crippen LogP contribution >= 0.6 is 0 Å². The maximum Gasteiger partial charge on any atom is 0.416 e. The maximum absolute atomic E-state index is 12.8. The van der Waals surface area contributed by atoms with Crippen LogP contribution in [0.5, 0.6) is 0 Å². The lowest BCUT2D eigenvalue weighted by Crippen LogP contribution is -2.51. The van der Waals surface area contributed by atoms with Crippen LogP contribution in [-0.4, -0.2) is 50.7 Å². The van der Waals surface area contributed by atoms with Crippen molar-refractivity contribution in [3.63, 3.8) is 0 Å². The molecule has 1 aliphatic carbocycles. The minimum Gasteiger partial charge on any atom is -0.384 e. The molecule has 0 aliphatic heterocycles. The van der Waals surface area contributed by atoms with E-state index in [1.165, 1.54) is 12.1 Å². The van der Waals surface area contributed by atoms with Gasteiger partial charge in [0.1, 0.15) is 0 Å². The number of nitrogens with one attached hydrogen (secondary N) is 3. The van der Waals surface area contributed by atoms with Gasteiger partial charge in [0.05, 0.1) is 18.7 Å². The molecule has 1 aromatic carbocycles. The van der Waals surface area contributed by atoms with Crippen LogP contribution in [0.4, 0.5) is 13.2 Å². The Morgan fingerprint density at radius 2 is 1.97 bits per heavy atom. The summed E-state index contributed by atoms with van der Waals surface area (Å²) in [6.45, 7) is 5.45. The van der Waals surface area contributed by atoms with Crippen molar-refractivity contribution in [2.45, 2.75) is 51.4 Å². The molecule has 1 saturated carbocycles. The van der Waals surface area contributed by atoms with Crippen LogP contribution in [-0.2, 0) is 15.7 Å². The molecule has 174 valence electrons. The highest BCUT2D eigenvalue weighted by molar-refractivity contribution is 5.96. The molecular formula is C22H32F3N3O3. The van der Waals surface area contributed by atoms with Crippen LogP contribution in [0.1, 0.15) is 49.0 Å². The quantitative estimate of drug-likeness (QED) is 0.548. The molecule has 0 radical (unpaired) electrons. The van der Waals surface area contributed by atoms with Gasteiger partial charge in [0.2, 0.25) is 5.91 Å². The summed E-state index contributed by atoms with van der Waals surface area (Å²) in [4.78, 5) is 24.5. The molecule has 3 N–H and O–H groups in total. The highest BCUT2D eigenvalue weighted by Gasteiger charge is 2.32. The molecule has 1 aliphatic rings. The van der Waals surface area contributed by atoms with E-state index in [0.29, 0.717) is 18.6 Å². The summed E-state index contributed by atoms with van der Waals surface area (Å²) in [5, 5.41) is 8.88. The minimum atomic E-state index is -4.53. The molecule has 0 saturated heterocycles. The highest BCUT2D eigenvalue weighted by Crippen LogP contribution is 2.29. The fourth-order valence-electron chi connectivity index (χ4n) is 3.80. The number of hydrogen-bond donors (Lipinski definition) is 3. The van der Waals surface area contributed by atoms with Crippen molar-refractivity contribution in [3.05, 3.63) is 35.4 Å². The Labute approximate surface area is 181 Å². The summed E-state index contributed by atoms with van der Waals surface area (Å²) in [5.41, 5.74) is -1.05. The number of ether oxygens (including phenoxy) is 1. The summed E-state index contributed by atoms with van der Waals surface area (Å²) in [6.07, 6.45) is -1.94. The molecule has 0 heterocycles. The zero-order valence-electron chi connectivity index (χ0n) is 18.2. The zero-order valence-corrected chi connectivity index (χ0v) is 18.2. The monoisotopic (exact) mass is 443 g/mol. The van der Waals surface area contributed by atoms with Gasteiger partial charge in [0.15, 0.2) is 0 Å². The Morgan fingerprint density at radius 1 is 1.23 bits per heavy atom. The van der Waals surface area contributed by atoms with Gasteiger partial charge in [-0.25, -0.2) is 0 Å². The fourth-order valence-corrected chi connectivity index (χ4v) is 3.80. The summed E-state index contributed by atoms with van der Waals surface area (Å²) in [5.74, 6) is -0.401. The largest absolute Gasteiger partial charge is 0.416 e. The Bertz CT molecular complexity index is 740. The molecule has 1 aromatic rings. The van der Waals surface area contributed by atoms with Crippen molar-refractivity contribution in [1.82, 2.24) is 16.0 Å². The molecule has 6 nitrogen and oxygen atoms in total. The van der Waals surface area contributed by atoms with Crippen LogP contribution in [0.2, 0.25) is 0 Å². The number of alkyl halides is 3. The van der Waals surface area contributed by atoms with E-state index < -0.39 is 17.6 Å². The Kier molecular flexibility index (Phi) is 9.31. The molecule has 0 aromatic heterocycles. The van der Waals surface area contributed by atoms with Crippen molar-refractivity contribution in [1.29, 1.82) is 0 Å². The first kappa shape index (κ1) is 25.1. The second kappa shape index (κ2) is 11.5. The third-order valence-electron chi connectivity index (χ3n) is 5.39. The molecule has 2 amide bonds. The van der Waals surface area contributed by atoms with Gasteiger partial charge in [-0.3, -0.25) is 9.59 Å². The molecule has 3 atom stereocenters. The molecule has 1 fully saturated rings. The SMILES string of the molecule is COC[C@@H]1C[C@H](NCC(C)C)CC[C@@H]1NC(=O)CNC(=O)c1cccc(C(F)(F)F)c1. The minimum absolute atomic E-state index is 0.0741. The molecule has 0 spiro atoms. The molecule has 31 heavy (non-hydrogen) atoms. The topological polar surface area (TPSA) is 79.5 Å². The molecule has 0 unspecified atom stereocenters. The Morgan fingerprint density at radius 3 is 2.61 bits per heavy atom. The van der Waals surface area contributed by atoms with E-state index in [9.17, 15) is 22.8 Å². The van der Waals surface area contributed by atoms with Crippen LogP contribution in [0.15, 0.2) is 24.3 Å². The van der Waals surface area contributed by atoms with Gasteiger partial charge in [-0.05, 0) is 49.9 Å². The van der Waals surface area contributed by atoms with Crippen LogP contribution in [0.25, 0.3) is 0 Å². The number of carbonyl (C=O) groups is 2. The van der Waals surface area contributed by atoms with Crippen molar-refractivity contribution in [2.24, 2.45) is 11.8 Å². The van der Waals surface area contributed by atoms with Crippen LogP contribution in [0, 0.1) is 11.8 Å². The first-order valence-corrected chi connectivity index (χ1v) is 10.6. The van der Waals surface area contributed by atoms with E-state index in [1.807, 2.05) is 0 Å².